The normalized spacial score (nSPS) is 31.4. The third-order valence-electron chi connectivity index (χ3n) is 3.61. The number of hydrogen-bond donors (Lipinski definition) is 1. The Kier molecular flexibility index (Phi) is 4.82. The lowest BCUT2D eigenvalue weighted by Crippen LogP contribution is -2.60. The molecule has 0 bridgehead atoms. The van der Waals surface area contributed by atoms with Crippen molar-refractivity contribution >= 4 is 5.97 Å². The number of ether oxygens (including phenoxy) is 1. The highest BCUT2D eigenvalue weighted by Gasteiger charge is 2.49. The zero-order valence-corrected chi connectivity index (χ0v) is 12.8. The molecular formula is C15H29NO2. The summed E-state index contributed by atoms with van der Waals surface area (Å²) in [5.41, 5.74) is -0.308. The van der Waals surface area contributed by atoms with Gasteiger partial charge in [-0.1, -0.05) is 20.8 Å². The molecule has 1 rings (SSSR count). The molecule has 0 aromatic carbocycles. The first-order chi connectivity index (χ1) is 8.21. The smallest absolute Gasteiger partial charge is 0.326 e. The lowest BCUT2D eigenvalue weighted by molar-refractivity contribution is -0.156. The molecule has 0 aliphatic heterocycles. The van der Waals surface area contributed by atoms with Crippen LogP contribution in [0.1, 0.15) is 60.8 Å². The number of nitrogens with one attached hydrogen (secondary N) is 1. The second-order valence-corrected chi connectivity index (χ2v) is 6.96. The molecule has 0 aromatic heterocycles. The predicted octanol–water partition coefficient (Wildman–Crippen LogP) is 3.13. The van der Waals surface area contributed by atoms with Gasteiger partial charge in [-0.25, -0.2) is 0 Å². The highest BCUT2D eigenvalue weighted by Crippen LogP contribution is 2.44. The summed E-state index contributed by atoms with van der Waals surface area (Å²) in [6.45, 7) is 13.2. The highest BCUT2D eigenvalue weighted by atomic mass is 16.5. The molecule has 2 atom stereocenters. The summed E-state index contributed by atoms with van der Waals surface area (Å²) in [7, 11) is 0. The molecular weight excluding hydrogens is 226 g/mol. The van der Waals surface area contributed by atoms with Gasteiger partial charge in [-0.3, -0.25) is 10.1 Å². The quantitative estimate of drug-likeness (QED) is 0.784. The molecule has 3 heteroatoms. The van der Waals surface area contributed by atoms with Crippen LogP contribution in [0.4, 0.5) is 0 Å². The second-order valence-electron chi connectivity index (χ2n) is 6.96. The topological polar surface area (TPSA) is 38.3 Å². The minimum Gasteiger partial charge on any atom is -0.465 e. The summed E-state index contributed by atoms with van der Waals surface area (Å²) in [5, 5.41) is 3.49. The average Bonchev–Trinajstić information content (AvgIpc) is 2.12. The predicted molar refractivity (Wildman–Crippen MR) is 74.4 cm³/mol. The van der Waals surface area contributed by atoms with E-state index in [-0.39, 0.29) is 17.4 Å². The fraction of sp³-hybridized carbons (Fsp3) is 0.933. The Labute approximate surface area is 112 Å². The van der Waals surface area contributed by atoms with Gasteiger partial charge in [-0.05, 0) is 51.4 Å². The Morgan fingerprint density at radius 2 is 2.00 bits per heavy atom. The molecule has 1 N–H and O–H groups in total. The summed E-state index contributed by atoms with van der Waals surface area (Å²) in [6.07, 6.45) is 2.92. The molecule has 106 valence electrons. The molecule has 1 fully saturated rings. The molecule has 18 heavy (non-hydrogen) atoms. The fourth-order valence-electron chi connectivity index (χ4n) is 3.72. The fourth-order valence-corrected chi connectivity index (χ4v) is 3.72. The van der Waals surface area contributed by atoms with Crippen molar-refractivity contribution in [3.05, 3.63) is 0 Å². The van der Waals surface area contributed by atoms with Crippen LogP contribution in [-0.4, -0.2) is 24.2 Å². The molecule has 1 aliphatic rings. The van der Waals surface area contributed by atoms with Crippen molar-refractivity contribution in [3.63, 3.8) is 0 Å². The largest absolute Gasteiger partial charge is 0.465 e. The minimum absolute atomic E-state index is 0.0710. The van der Waals surface area contributed by atoms with Gasteiger partial charge in [0.1, 0.15) is 5.54 Å². The van der Waals surface area contributed by atoms with Crippen LogP contribution in [0.25, 0.3) is 0 Å². The van der Waals surface area contributed by atoms with E-state index >= 15 is 0 Å². The number of esters is 1. The second kappa shape index (κ2) is 5.60. The van der Waals surface area contributed by atoms with Gasteiger partial charge in [-0.15, -0.1) is 0 Å². The summed E-state index contributed by atoms with van der Waals surface area (Å²) in [5.74, 6) is 0.475. The summed E-state index contributed by atoms with van der Waals surface area (Å²) in [4.78, 5) is 12.4. The van der Waals surface area contributed by atoms with Crippen molar-refractivity contribution in [2.45, 2.75) is 72.4 Å². The Morgan fingerprint density at radius 1 is 1.39 bits per heavy atom. The highest BCUT2D eigenvalue weighted by molar-refractivity contribution is 5.81. The van der Waals surface area contributed by atoms with E-state index in [4.69, 9.17) is 4.74 Å². The van der Waals surface area contributed by atoms with Crippen molar-refractivity contribution in [2.75, 3.05) is 6.61 Å². The molecule has 0 radical (unpaired) electrons. The molecule has 2 unspecified atom stereocenters. The summed E-state index contributed by atoms with van der Waals surface area (Å²) < 4.78 is 5.33. The van der Waals surface area contributed by atoms with Gasteiger partial charge in [0.15, 0.2) is 0 Å². The van der Waals surface area contributed by atoms with Crippen LogP contribution in [0.5, 0.6) is 0 Å². The van der Waals surface area contributed by atoms with Gasteiger partial charge in [0.2, 0.25) is 0 Å². The first-order valence-electron chi connectivity index (χ1n) is 7.16. The Morgan fingerprint density at radius 3 is 2.44 bits per heavy atom. The number of rotatable bonds is 4. The molecule has 0 heterocycles. The van der Waals surface area contributed by atoms with Crippen molar-refractivity contribution in [1.82, 2.24) is 5.32 Å². The van der Waals surface area contributed by atoms with Crippen LogP contribution in [0.3, 0.4) is 0 Å². The van der Waals surface area contributed by atoms with Gasteiger partial charge < -0.3 is 4.74 Å². The molecule has 0 saturated heterocycles. The van der Waals surface area contributed by atoms with E-state index in [1.807, 2.05) is 6.92 Å². The van der Waals surface area contributed by atoms with E-state index in [1.165, 1.54) is 6.42 Å². The summed E-state index contributed by atoms with van der Waals surface area (Å²) >= 11 is 0. The van der Waals surface area contributed by atoms with Gasteiger partial charge in [0, 0.05) is 6.04 Å². The zero-order valence-electron chi connectivity index (χ0n) is 12.8. The van der Waals surface area contributed by atoms with E-state index in [2.05, 4.69) is 39.9 Å². The lowest BCUT2D eigenvalue weighted by Gasteiger charge is -2.47. The van der Waals surface area contributed by atoms with Crippen molar-refractivity contribution in [1.29, 1.82) is 0 Å². The van der Waals surface area contributed by atoms with Crippen LogP contribution in [0.15, 0.2) is 0 Å². The third kappa shape index (κ3) is 3.71. The third-order valence-corrected chi connectivity index (χ3v) is 3.61. The van der Waals surface area contributed by atoms with E-state index in [1.54, 1.807) is 0 Å². The first-order valence-corrected chi connectivity index (χ1v) is 7.16. The maximum atomic E-state index is 12.4. The van der Waals surface area contributed by atoms with Gasteiger partial charge in [-0.2, -0.15) is 0 Å². The van der Waals surface area contributed by atoms with E-state index in [0.29, 0.717) is 12.5 Å². The molecule has 0 spiro atoms. The zero-order chi connectivity index (χ0) is 14.0. The van der Waals surface area contributed by atoms with Crippen molar-refractivity contribution in [2.24, 2.45) is 11.3 Å². The van der Waals surface area contributed by atoms with Crippen LogP contribution in [0, 0.1) is 11.3 Å². The van der Waals surface area contributed by atoms with Crippen LogP contribution < -0.4 is 5.32 Å². The van der Waals surface area contributed by atoms with E-state index in [0.717, 1.165) is 12.8 Å². The Balaban J connectivity index is 2.99. The van der Waals surface area contributed by atoms with E-state index < -0.39 is 5.54 Å². The average molecular weight is 255 g/mol. The number of carbonyl (C=O) groups is 1. The van der Waals surface area contributed by atoms with Crippen molar-refractivity contribution < 1.29 is 9.53 Å². The maximum absolute atomic E-state index is 12.4. The lowest BCUT2D eigenvalue weighted by atomic mass is 9.64. The molecule has 1 saturated carbocycles. The van der Waals surface area contributed by atoms with Crippen LogP contribution >= 0.6 is 0 Å². The minimum atomic E-state index is -0.495. The maximum Gasteiger partial charge on any atom is 0.326 e. The van der Waals surface area contributed by atoms with Crippen molar-refractivity contribution in [3.8, 4) is 0 Å². The van der Waals surface area contributed by atoms with Gasteiger partial charge >= 0.3 is 5.97 Å². The standard InChI is InChI=1S/C15H29NO2/c1-7-18-13(17)15(16-11(2)3)9-12(4)8-14(5,6)10-15/h11-12,16H,7-10H2,1-6H3. The number of carbonyl (C=O) groups excluding carboxylic acids is 1. The van der Waals surface area contributed by atoms with Crippen LogP contribution in [0.2, 0.25) is 0 Å². The van der Waals surface area contributed by atoms with Crippen LogP contribution in [-0.2, 0) is 9.53 Å². The monoisotopic (exact) mass is 255 g/mol. The Bertz CT molecular complexity index is 295. The number of hydrogen-bond acceptors (Lipinski definition) is 3. The Hall–Kier alpha value is -0.570. The molecule has 1 aliphatic carbocycles. The molecule has 0 aromatic rings. The SMILES string of the molecule is CCOC(=O)C1(NC(C)C)CC(C)CC(C)(C)C1. The molecule has 0 amide bonds. The first kappa shape index (κ1) is 15.5. The summed E-state index contributed by atoms with van der Waals surface area (Å²) in [6, 6.07) is 0.288. The van der Waals surface area contributed by atoms with E-state index in [9.17, 15) is 4.79 Å². The molecule has 3 nitrogen and oxygen atoms in total. The van der Waals surface area contributed by atoms with Gasteiger partial charge in [0.05, 0.1) is 6.61 Å². The van der Waals surface area contributed by atoms with Gasteiger partial charge in [0.25, 0.3) is 0 Å².